The molecule has 0 aromatic carbocycles. The van der Waals surface area contributed by atoms with Crippen molar-refractivity contribution >= 4 is 17.2 Å². The van der Waals surface area contributed by atoms with Crippen molar-refractivity contribution < 1.29 is 4.79 Å². The second-order valence-electron chi connectivity index (χ2n) is 5.95. The fourth-order valence-corrected chi connectivity index (χ4v) is 4.66. The first-order valence-corrected chi connectivity index (χ1v) is 8.68. The third-order valence-electron chi connectivity index (χ3n) is 4.57. The van der Waals surface area contributed by atoms with Crippen LogP contribution in [-0.2, 0) is 12.8 Å². The molecule has 4 heteroatoms. The molecule has 1 unspecified atom stereocenters. The SMILES string of the molecule is CNCCC1CCCCN1C(=O)c1cc2c(s1)CCC2. The Morgan fingerprint density at radius 1 is 1.40 bits per heavy atom. The molecular formula is C16H24N2OS. The van der Waals surface area contributed by atoms with Crippen molar-refractivity contribution in [2.24, 2.45) is 0 Å². The smallest absolute Gasteiger partial charge is 0.264 e. The van der Waals surface area contributed by atoms with Gasteiger partial charge in [-0.05, 0) is 70.2 Å². The van der Waals surface area contributed by atoms with Crippen molar-refractivity contribution in [1.29, 1.82) is 0 Å². The molecule has 1 amide bonds. The van der Waals surface area contributed by atoms with Gasteiger partial charge in [-0.15, -0.1) is 11.3 Å². The van der Waals surface area contributed by atoms with Crippen molar-refractivity contribution in [3.63, 3.8) is 0 Å². The largest absolute Gasteiger partial charge is 0.335 e. The van der Waals surface area contributed by atoms with Crippen molar-refractivity contribution in [3.05, 3.63) is 21.4 Å². The zero-order chi connectivity index (χ0) is 13.9. The molecule has 0 bridgehead atoms. The maximum Gasteiger partial charge on any atom is 0.264 e. The number of hydrogen-bond acceptors (Lipinski definition) is 3. The van der Waals surface area contributed by atoms with Crippen LogP contribution in [0.4, 0.5) is 0 Å². The average Bonchev–Trinajstić information content (AvgIpc) is 3.06. The molecule has 1 N–H and O–H groups in total. The van der Waals surface area contributed by atoms with Crippen molar-refractivity contribution in [2.75, 3.05) is 20.1 Å². The summed E-state index contributed by atoms with van der Waals surface area (Å²) in [4.78, 5) is 17.4. The number of carbonyl (C=O) groups is 1. The van der Waals surface area contributed by atoms with E-state index >= 15 is 0 Å². The van der Waals surface area contributed by atoms with Gasteiger partial charge in [0.15, 0.2) is 0 Å². The Labute approximate surface area is 125 Å². The molecule has 1 atom stereocenters. The quantitative estimate of drug-likeness (QED) is 0.925. The number of amides is 1. The number of hydrogen-bond donors (Lipinski definition) is 1. The van der Waals surface area contributed by atoms with Gasteiger partial charge in [0, 0.05) is 17.5 Å². The maximum atomic E-state index is 12.8. The number of likely N-dealkylation sites (tertiary alicyclic amines) is 1. The van der Waals surface area contributed by atoms with Crippen LogP contribution < -0.4 is 5.32 Å². The minimum Gasteiger partial charge on any atom is -0.335 e. The van der Waals surface area contributed by atoms with Gasteiger partial charge in [0.1, 0.15) is 0 Å². The van der Waals surface area contributed by atoms with Gasteiger partial charge in [-0.25, -0.2) is 0 Å². The average molecular weight is 292 g/mol. The van der Waals surface area contributed by atoms with Crippen LogP contribution in [-0.4, -0.2) is 37.0 Å². The Bertz CT molecular complexity index is 461. The van der Waals surface area contributed by atoms with E-state index < -0.39 is 0 Å². The molecule has 1 aliphatic heterocycles. The summed E-state index contributed by atoms with van der Waals surface area (Å²) in [6.07, 6.45) is 8.28. The Morgan fingerprint density at radius 2 is 2.30 bits per heavy atom. The van der Waals surface area contributed by atoms with Crippen molar-refractivity contribution in [1.82, 2.24) is 10.2 Å². The number of thiophene rings is 1. The summed E-state index contributed by atoms with van der Waals surface area (Å²) in [6.45, 7) is 1.94. The summed E-state index contributed by atoms with van der Waals surface area (Å²) in [5.41, 5.74) is 1.43. The molecule has 1 aromatic rings. The molecule has 0 saturated carbocycles. The lowest BCUT2D eigenvalue weighted by atomic mass is 9.99. The molecule has 2 heterocycles. The standard InChI is InChI=1S/C16H24N2OS/c1-17-9-8-13-6-2-3-10-18(13)16(19)15-11-12-5-4-7-14(12)20-15/h11,13,17H,2-10H2,1H3. The van der Waals surface area contributed by atoms with E-state index in [1.807, 2.05) is 7.05 Å². The number of nitrogens with zero attached hydrogens (tertiary/aromatic N) is 1. The predicted octanol–water partition coefficient (Wildman–Crippen LogP) is 2.84. The van der Waals surface area contributed by atoms with Crippen molar-refractivity contribution in [2.45, 2.75) is 51.0 Å². The summed E-state index contributed by atoms with van der Waals surface area (Å²) in [7, 11) is 1.98. The fraction of sp³-hybridized carbons (Fsp3) is 0.688. The first-order valence-electron chi connectivity index (χ1n) is 7.86. The van der Waals surface area contributed by atoms with Crippen LogP contribution >= 0.6 is 11.3 Å². The third-order valence-corrected chi connectivity index (χ3v) is 5.80. The van der Waals surface area contributed by atoms with E-state index in [0.29, 0.717) is 6.04 Å². The van der Waals surface area contributed by atoms with Crippen LogP contribution in [0, 0.1) is 0 Å². The summed E-state index contributed by atoms with van der Waals surface area (Å²) in [6, 6.07) is 2.60. The van der Waals surface area contributed by atoms with E-state index in [4.69, 9.17) is 0 Å². The van der Waals surface area contributed by atoms with E-state index in [9.17, 15) is 4.79 Å². The summed E-state index contributed by atoms with van der Waals surface area (Å²) in [5.74, 6) is 0.283. The van der Waals surface area contributed by atoms with Gasteiger partial charge >= 0.3 is 0 Å². The first kappa shape index (κ1) is 14.1. The summed E-state index contributed by atoms with van der Waals surface area (Å²) < 4.78 is 0. The number of rotatable bonds is 4. The zero-order valence-corrected chi connectivity index (χ0v) is 13.1. The molecule has 0 spiro atoms. The molecule has 0 radical (unpaired) electrons. The fourth-order valence-electron chi connectivity index (χ4n) is 3.45. The third kappa shape index (κ3) is 2.77. The molecule has 1 aliphatic carbocycles. The predicted molar refractivity (Wildman–Crippen MR) is 83.6 cm³/mol. The maximum absolute atomic E-state index is 12.8. The highest BCUT2D eigenvalue weighted by molar-refractivity contribution is 7.14. The summed E-state index contributed by atoms with van der Waals surface area (Å²) >= 11 is 1.74. The van der Waals surface area contributed by atoms with E-state index in [2.05, 4.69) is 16.3 Å². The van der Waals surface area contributed by atoms with Gasteiger partial charge in [0.25, 0.3) is 5.91 Å². The summed E-state index contributed by atoms with van der Waals surface area (Å²) in [5, 5.41) is 3.21. The number of carbonyl (C=O) groups excluding carboxylic acids is 1. The number of aryl methyl sites for hydroxylation is 2. The van der Waals surface area contributed by atoms with Crippen LogP contribution in [0.2, 0.25) is 0 Å². The van der Waals surface area contributed by atoms with Gasteiger partial charge in [0.05, 0.1) is 4.88 Å². The highest BCUT2D eigenvalue weighted by atomic mass is 32.1. The highest BCUT2D eigenvalue weighted by Gasteiger charge is 2.29. The minimum absolute atomic E-state index is 0.283. The van der Waals surface area contributed by atoms with Crippen LogP contribution in [0.25, 0.3) is 0 Å². The molecule has 1 saturated heterocycles. The van der Waals surface area contributed by atoms with E-state index in [1.54, 1.807) is 11.3 Å². The Hall–Kier alpha value is -0.870. The van der Waals surface area contributed by atoms with Gasteiger partial charge in [-0.3, -0.25) is 4.79 Å². The molecule has 1 aromatic heterocycles. The van der Waals surface area contributed by atoms with E-state index in [0.717, 1.165) is 30.8 Å². The lowest BCUT2D eigenvalue weighted by Gasteiger charge is -2.35. The zero-order valence-electron chi connectivity index (χ0n) is 12.3. The lowest BCUT2D eigenvalue weighted by Crippen LogP contribution is -2.44. The second kappa shape index (κ2) is 6.27. The van der Waals surface area contributed by atoms with Gasteiger partial charge < -0.3 is 10.2 Å². The molecule has 20 heavy (non-hydrogen) atoms. The van der Waals surface area contributed by atoms with Crippen LogP contribution in [0.1, 0.15) is 52.2 Å². The van der Waals surface area contributed by atoms with Crippen LogP contribution in [0.5, 0.6) is 0 Å². The van der Waals surface area contributed by atoms with Gasteiger partial charge in [-0.1, -0.05) is 0 Å². The van der Waals surface area contributed by atoms with Crippen molar-refractivity contribution in [3.8, 4) is 0 Å². The normalized spacial score (nSPS) is 22.1. The molecule has 110 valence electrons. The molecule has 2 aliphatic rings. The van der Waals surface area contributed by atoms with Crippen LogP contribution in [0.15, 0.2) is 6.07 Å². The van der Waals surface area contributed by atoms with Gasteiger partial charge in [0.2, 0.25) is 0 Å². The monoisotopic (exact) mass is 292 g/mol. The first-order chi connectivity index (χ1) is 9.79. The molecule has 3 rings (SSSR count). The van der Waals surface area contributed by atoms with E-state index in [-0.39, 0.29) is 5.91 Å². The van der Waals surface area contributed by atoms with Crippen LogP contribution in [0.3, 0.4) is 0 Å². The van der Waals surface area contributed by atoms with E-state index in [1.165, 1.54) is 42.5 Å². The minimum atomic E-state index is 0.283. The second-order valence-corrected chi connectivity index (χ2v) is 7.09. The molecular weight excluding hydrogens is 268 g/mol. The van der Waals surface area contributed by atoms with Gasteiger partial charge in [-0.2, -0.15) is 0 Å². The number of piperidine rings is 1. The molecule has 3 nitrogen and oxygen atoms in total. The Kier molecular flexibility index (Phi) is 4.41. The lowest BCUT2D eigenvalue weighted by molar-refractivity contribution is 0.0607. The Balaban J connectivity index is 1.73. The highest BCUT2D eigenvalue weighted by Crippen LogP contribution is 2.32. The number of fused-ring (bicyclic) bond motifs is 1. The number of nitrogens with one attached hydrogen (secondary N) is 1. The molecule has 1 fully saturated rings. The Morgan fingerprint density at radius 3 is 3.10 bits per heavy atom. The topological polar surface area (TPSA) is 32.3 Å².